The first kappa shape index (κ1) is 39.9. The number of phosphoric ester groups is 1. The molecule has 42 heavy (non-hydrogen) atoms. The van der Waals surface area contributed by atoms with E-state index in [1.807, 2.05) is 51.5 Å². The Balaban J connectivity index is 4.40. The Morgan fingerprint density at radius 3 is 2.02 bits per heavy atom. The van der Waals surface area contributed by atoms with Crippen molar-refractivity contribution in [2.75, 3.05) is 47.5 Å². The minimum atomic E-state index is -4.39. The molecule has 1 unspecified atom stereocenters. The Morgan fingerprint density at radius 2 is 1.48 bits per heavy atom. The molecule has 0 aliphatic carbocycles. The summed E-state index contributed by atoms with van der Waals surface area (Å²) < 4.78 is 32.7. The fourth-order valence-electron chi connectivity index (χ4n) is 3.25. The van der Waals surface area contributed by atoms with Crippen molar-refractivity contribution >= 4 is 19.8 Å². The van der Waals surface area contributed by atoms with E-state index in [4.69, 9.17) is 18.5 Å². The average molecular weight is 619 g/mol. The Bertz CT molecular complexity index is 910. The lowest BCUT2D eigenvalue weighted by Gasteiger charge is -2.24. The van der Waals surface area contributed by atoms with E-state index in [0.717, 1.165) is 25.7 Å². The van der Waals surface area contributed by atoms with E-state index in [-0.39, 0.29) is 19.6 Å². The van der Waals surface area contributed by atoms with Gasteiger partial charge in [0, 0.05) is 13.3 Å². The fraction of sp³-hybridized carbons (Fsp3) is 0.667. The summed E-state index contributed by atoms with van der Waals surface area (Å²) in [6, 6.07) is 0. The quantitative estimate of drug-likeness (QED) is 0.0468. The number of unbranched alkanes of at least 4 members (excludes halogenated alkanes) is 2. The number of hydrogen-bond acceptors (Lipinski definition) is 9. The molecule has 0 heterocycles. The van der Waals surface area contributed by atoms with Gasteiger partial charge in [0.15, 0.2) is 6.10 Å². The van der Waals surface area contributed by atoms with Crippen molar-refractivity contribution in [2.24, 2.45) is 0 Å². The molecule has 12 heteroatoms. The average Bonchev–Trinajstić information content (AvgIpc) is 2.88. The zero-order valence-electron chi connectivity index (χ0n) is 25.9. The number of likely N-dealkylation sites (N-methyl/N-ethyl adjacent to an activating group) is 1. The van der Waals surface area contributed by atoms with Crippen LogP contribution in [0.1, 0.15) is 65.2 Å². The normalized spacial score (nSPS) is 16.3. The number of nitrogens with zero attached hydrogens (tertiary/aromatic N) is 1. The topological polar surface area (TPSA) is 149 Å². The van der Waals surface area contributed by atoms with Crippen molar-refractivity contribution in [3.8, 4) is 0 Å². The van der Waals surface area contributed by atoms with Gasteiger partial charge in [-0.05, 0) is 25.7 Å². The standard InChI is InChI=1S/C30H52NO10P/c1-6-7-13-17-27(33)18-14-11-9-8-10-12-15-19-28(34)20-16-21-30(35)41-29(24-38-26(2)32)25-40-42(36,37)39-23-22-31(3,4)5/h9-12,14-15,18-19,27-29,33-34H,6-8,13,16-17,20-25H2,1-5H3/p+1/b11-9-,12-10-,18-14+,19-15+/t27-,28-,29-/m1/s1. The maximum absolute atomic E-state index is 12.3. The predicted molar refractivity (Wildman–Crippen MR) is 162 cm³/mol. The van der Waals surface area contributed by atoms with Gasteiger partial charge in [0.2, 0.25) is 0 Å². The lowest BCUT2D eigenvalue weighted by molar-refractivity contribution is -0.870. The van der Waals surface area contributed by atoms with Crippen molar-refractivity contribution in [2.45, 2.75) is 83.5 Å². The van der Waals surface area contributed by atoms with Crippen LogP contribution in [-0.4, -0.2) is 97.3 Å². The lowest BCUT2D eigenvalue weighted by Crippen LogP contribution is -2.37. The summed E-state index contributed by atoms with van der Waals surface area (Å²) in [7, 11) is 1.31. The van der Waals surface area contributed by atoms with Gasteiger partial charge in [0.25, 0.3) is 0 Å². The third kappa shape index (κ3) is 26.8. The van der Waals surface area contributed by atoms with Crippen LogP contribution in [0, 0.1) is 0 Å². The molecule has 3 N–H and O–H groups in total. The van der Waals surface area contributed by atoms with Crippen LogP contribution in [0.3, 0.4) is 0 Å². The molecule has 0 aliphatic heterocycles. The zero-order valence-corrected chi connectivity index (χ0v) is 26.8. The Hall–Kier alpha value is -2.11. The number of allylic oxidation sites excluding steroid dienone is 6. The number of esters is 2. The Labute approximate surface area is 251 Å². The summed E-state index contributed by atoms with van der Waals surface area (Å²) in [5, 5.41) is 19.9. The van der Waals surface area contributed by atoms with Crippen LogP contribution < -0.4 is 0 Å². The second-order valence-corrected chi connectivity index (χ2v) is 12.4. The monoisotopic (exact) mass is 618 g/mol. The van der Waals surface area contributed by atoms with Crippen LogP contribution in [0.2, 0.25) is 0 Å². The number of hydrogen-bond donors (Lipinski definition) is 3. The first-order valence-corrected chi connectivity index (χ1v) is 16.0. The highest BCUT2D eigenvalue weighted by molar-refractivity contribution is 7.47. The van der Waals surface area contributed by atoms with Crippen LogP contribution in [0.15, 0.2) is 48.6 Å². The number of aliphatic hydroxyl groups excluding tert-OH is 2. The maximum atomic E-state index is 12.3. The second-order valence-electron chi connectivity index (χ2n) is 10.9. The SMILES string of the molecule is CCCCC[C@@H](O)/C=C/C=C\C/C=C\C=C\[C@@H](O)CCCC(=O)O[C@H](COC(C)=O)COP(=O)(O)OCC[N+](C)(C)C. The van der Waals surface area contributed by atoms with Gasteiger partial charge in [-0.3, -0.25) is 18.6 Å². The van der Waals surface area contributed by atoms with Crippen molar-refractivity contribution in [1.29, 1.82) is 0 Å². The Kier molecular flexibility index (Phi) is 22.2. The Morgan fingerprint density at radius 1 is 0.881 bits per heavy atom. The van der Waals surface area contributed by atoms with Crippen LogP contribution >= 0.6 is 7.82 Å². The molecule has 0 bridgehead atoms. The first-order valence-electron chi connectivity index (χ1n) is 14.5. The van der Waals surface area contributed by atoms with Crippen molar-refractivity contribution in [3.63, 3.8) is 0 Å². The van der Waals surface area contributed by atoms with E-state index < -0.39 is 44.7 Å². The molecule has 0 rings (SSSR count). The van der Waals surface area contributed by atoms with Gasteiger partial charge < -0.3 is 29.1 Å². The molecule has 0 aromatic carbocycles. The molecule has 0 aliphatic rings. The van der Waals surface area contributed by atoms with E-state index in [1.54, 1.807) is 18.2 Å². The summed E-state index contributed by atoms with van der Waals surface area (Å²) in [5.74, 6) is -1.23. The number of rotatable bonds is 24. The molecule has 0 aromatic heterocycles. The fourth-order valence-corrected chi connectivity index (χ4v) is 3.99. The van der Waals surface area contributed by atoms with Crippen LogP contribution in [0.25, 0.3) is 0 Å². The van der Waals surface area contributed by atoms with E-state index in [1.165, 1.54) is 6.92 Å². The summed E-state index contributed by atoms with van der Waals surface area (Å²) in [4.78, 5) is 33.3. The number of phosphoric acid groups is 1. The third-order valence-corrected chi connectivity index (χ3v) is 6.61. The minimum Gasteiger partial charge on any atom is -0.462 e. The van der Waals surface area contributed by atoms with Gasteiger partial charge in [-0.25, -0.2) is 4.57 Å². The smallest absolute Gasteiger partial charge is 0.462 e. The molecule has 0 spiro atoms. The van der Waals surface area contributed by atoms with E-state index in [2.05, 4.69) is 6.92 Å². The highest BCUT2D eigenvalue weighted by Crippen LogP contribution is 2.43. The largest absolute Gasteiger partial charge is 0.472 e. The number of aliphatic hydroxyl groups is 2. The van der Waals surface area contributed by atoms with Gasteiger partial charge in [0.1, 0.15) is 19.8 Å². The number of carbonyl (C=O) groups is 2. The summed E-state index contributed by atoms with van der Waals surface area (Å²) in [5.41, 5.74) is 0. The molecule has 0 fully saturated rings. The summed E-state index contributed by atoms with van der Waals surface area (Å²) in [6.45, 7) is 2.93. The molecule has 0 saturated carbocycles. The highest BCUT2D eigenvalue weighted by atomic mass is 31.2. The minimum absolute atomic E-state index is 0.0142. The van der Waals surface area contributed by atoms with Crippen molar-refractivity contribution < 1.29 is 52.3 Å². The lowest BCUT2D eigenvalue weighted by atomic mass is 10.1. The maximum Gasteiger partial charge on any atom is 0.472 e. The highest BCUT2D eigenvalue weighted by Gasteiger charge is 2.26. The van der Waals surface area contributed by atoms with Gasteiger partial charge in [0.05, 0.1) is 40.0 Å². The molecular formula is C30H53NO10P+. The molecule has 0 saturated heterocycles. The number of ether oxygens (including phenoxy) is 2. The molecule has 242 valence electrons. The number of quaternary nitrogens is 1. The second kappa shape index (κ2) is 23.4. The van der Waals surface area contributed by atoms with Crippen molar-refractivity contribution in [1.82, 2.24) is 0 Å². The first-order chi connectivity index (χ1) is 19.7. The van der Waals surface area contributed by atoms with E-state index in [0.29, 0.717) is 30.3 Å². The molecular weight excluding hydrogens is 565 g/mol. The molecule has 0 aromatic rings. The molecule has 0 radical (unpaired) electrons. The predicted octanol–water partition coefficient (Wildman–Crippen LogP) is 4.39. The van der Waals surface area contributed by atoms with Gasteiger partial charge in [-0.2, -0.15) is 0 Å². The molecule has 4 atom stereocenters. The molecule has 0 amide bonds. The number of carbonyl (C=O) groups excluding carboxylic acids is 2. The van der Waals surface area contributed by atoms with Crippen LogP contribution in [-0.2, 0) is 32.7 Å². The zero-order chi connectivity index (χ0) is 31.9. The van der Waals surface area contributed by atoms with Crippen LogP contribution in [0.4, 0.5) is 0 Å². The summed E-state index contributed by atoms with van der Waals surface area (Å²) in [6.07, 6.45) is 17.7. The van der Waals surface area contributed by atoms with E-state index >= 15 is 0 Å². The van der Waals surface area contributed by atoms with Gasteiger partial charge in [-0.1, -0.05) is 74.8 Å². The van der Waals surface area contributed by atoms with E-state index in [9.17, 15) is 29.3 Å². The van der Waals surface area contributed by atoms with Gasteiger partial charge >= 0.3 is 19.8 Å². The molecule has 11 nitrogen and oxygen atoms in total. The summed E-state index contributed by atoms with van der Waals surface area (Å²) >= 11 is 0. The third-order valence-electron chi connectivity index (χ3n) is 5.63. The van der Waals surface area contributed by atoms with Crippen LogP contribution in [0.5, 0.6) is 0 Å². The van der Waals surface area contributed by atoms with Gasteiger partial charge in [-0.15, -0.1) is 0 Å². The van der Waals surface area contributed by atoms with Crippen molar-refractivity contribution in [3.05, 3.63) is 48.6 Å².